The van der Waals surface area contributed by atoms with Crippen molar-refractivity contribution < 1.29 is 18.9 Å². The lowest BCUT2D eigenvalue weighted by atomic mass is 9.79. The number of benzene rings is 5. The van der Waals surface area contributed by atoms with Crippen LogP contribution in [-0.2, 0) is 0 Å². The Kier molecular flexibility index (Phi) is 10.8. The highest BCUT2D eigenvalue weighted by Crippen LogP contribution is 2.36. The minimum absolute atomic E-state index is 0. The van der Waals surface area contributed by atoms with Crippen LogP contribution in [0.5, 0.6) is 0 Å². The van der Waals surface area contributed by atoms with Gasteiger partial charge in [-0.25, -0.2) is 0 Å². The molecule has 2 aromatic heterocycles. The zero-order valence-electron chi connectivity index (χ0n) is 24.0. The summed E-state index contributed by atoms with van der Waals surface area (Å²) in [6, 6.07) is 36.3. The Morgan fingerprint density at radius 2 is 1.31 bits per heavy atom. The molecule has 45 heavy (non-hydrogen) atoms. The van der Waals surface area contributed by atoms with E-state index in [4.69, 9.17) is 8.83 Å². The average molecular weight is 832 g/mol. The number of hydrogen-bond acceptors (Lipinski definition) is 4. The minimum atomic E-state index is -1.52. The van der Waals surface area contributed by atoms with Gasteiger partial charge < -0.3 is 26.3 Å². The SMILES string of the molecule is Brc1ccc(-c2cccc3c2oc2ccccc23)cc1.Brc1ccc(I)cc1.OB(O)c1cccc2c3c(oc12)C=[C+]C=C3.[CH3-]. The second-order valence-corrected chi connectivity index (χ2v) is 12.9. The summed E-state index contributed by atoms with van der Waals surface area (Å²) in [5, 5.41) is 21.7. The van der Waals surface area contributed by atoms with Gasteiger partial charge in [-0.1, -0.05) is 92.5 Å². The number of fused-ring (bicyclic) bond motifs is 6. The maximum Gasteiger partial charge on any atom is 0.492 e. The van der Waals surface area contributed by atoms with Crippen molar-refractivity contribution in [2.75, 3.05) is 0 Å². The first-order valence-corrected chi connectivity index (χ1v) is 16.3. The molecule has 0 saturated carbocycles. The number of allylic oxidation sites excluding steroid dienone is 2. The summed E-state index contributed by atoms with van der Waals surface area (Å²) in [6.45, 7) is 0. The van der Waals surface area contributed by atoms with E-state index in [1.807, 2.05) is 42.5 Å². The van der Waals surface area contributed by atoms with Crippen LogP contribution in [0.3, 0.4) is 0 Å². The zero-order valence-corrected chi connectivity index (χ0v) is 29.4. The Bertz CT molecular complexity index is 2110. The maximum atomic E-state index is 9.23. The summed E-state index contributed by atoms with van der Waals surface area (Å²) < 4.78 is 15.1. The molecule has 7 aromatic rings. The van der Waals surface area contributed by atoms with Crippen LogP contribution in [0.25, 0.3) is 56.2 Å². The highest BCUT2D eigenvalue weighted by atomic mass is 127. The summed E-state index contributed by atoms with van der Waals surface area (Å²) in [4.78, 5) is 0. The first kappa shape index (κ1) is 32.9. The Morgan fingerprint density at radius 3 is 2.02 bits per heavy atom. The number of halogens is 3. The number of hydrogen-bond donors (Lipinski definition) is 2. The lowest BCUT2D eigenvalue weighted by molar-refractivity contribution is 0.425. The lowest BCUT2D eigenvalue weighted by Crippen LogP contribution is -2.29. The molecule has 222 valence electrons. The molecular formula is C37H26BBr2IO4. The van der Waals surface area contributed by atoms with Gasteiger partial charge in [0.15, 0.2) is 5.58 Å². The van der Waals surface area contributed by atoms with Gasteiger partial charge in [0.2, 0.25) is 5.76 Å². The molecule has 0 fully saturated rings. The Labute approximate surface area is 292 Å². The van der Waals surface area contributed by atoms with Crippen LogP contribution < -0.4 is 5.46 Å². The first-order chi connectivity index (χ1) is 21.4. The topological polar surface area (TPSA) is 66.7 Å². The van der Waals surface area contributed by atoms with Gasteiger partial charge in [-0.15, -0.1) is 0 Å². The van der Waals surface area contributed by atoms with Crippen molar-refractivity contribution >= 4 is 112 Å². The Hall–Kier alpha value is -3.50. The van der Waals surface area contributed by atoms with Crippen LogP contribution in [0.4, 0.5) is 0 Å². The van der Waals surface area contributed by atoms with Crippen molar-refractivity contribution in [2.45, 2.75) is 0 Å². The normalized spacial score (nSPS) is 11.1. The molecule has 2 heterocycles. The zero-order chi connectivity index (χ0) is 30.6. The van der Waals surface area contributed by atoms with Gasteiger partial charge in [-0.2, -0.15) is 0 Å². The molecule has 1 aliphatic carbocycles. The van der Waals surface area contributed by atoms with Gasteiger partial charge in [0.1, 0.15) is 28.9 Å². The molecule has 5 aromatic carbocycles. The molecule has 0 atom stereocenters. The first-order valence-electron chi connectivity index (χ1n) is 13.6. The summed E-state index contributed by atoms with van der Waals surface area (Å²) in [5.74, 6) is 0.700. The number of para-hydroxylation sites is 3. The fourth-order valence-corrected chi connectivity index (χ4v) is 5.84. The van der Waals surface area contributed by atoms with E-state index in [1.54, 1.807) is 24.3 Å². The van der Waals surface area contributed by atoms with Gasteiger partial charge in [-0.3, -0.25) is 0 Å². The van der Waals surface area contributed by atoms with Gasteiger partial charge >= 0.3 is 7.12 Å². The standard InChI is InChI=1S/C18H11BrO.C12H8BO3.C6H4BrI.CH3/c19-13-10-8-12(9-11-13)14-5-3-6-16-15-4-1-2-7-17(15)20-18(14)16;14-13(15)10-6-3-5-9-8-4-1-2-7-11(8)16-12(9)10;7-5-1-3-6(8)4-2-5;/h1-11H;1,3-7,14-15H;1-4H;1H3/q;+1;;-1. The second-order valence-electron chi connectivity index (χ2n) is 9.85. The molecular weight excluding hydrogens is 806 g/mol. The van der Waals surface area contributed by atoms with E-state index >= 15 is 0 Å². The van der Waals surface area contributed by atoms with Gasteiger partial charge in [0, 0.05) is 40.4 Å². The Morgan fingerprint density at radius 1 is 0.667 bits per heavy atom. The van der Waals surface area contributed by atoms with E-state index in [0.29, 0.717) is 16.8 Å². The molecule has 8 heteroatoms. The van der Waals surface area contributed by atoms with Crippen molar-refractivity contribution in [3.8, 4) is 11.1 Å². The molecule has 0 radical (unpaired) electrons. The summed E-state index contributed by atoms with van der Waals surface area (Å²) in [6.07, 6.45) is 8.37. The monoisotopic (exact) mass is 830 g/mol. The van der Waals surface area contributed by atoms with Crippen molar-refractivity contribution in [1.29, 1.82) is 0 Å². The summed E-state index contributed by atoms with van der Waals surface area (Å²) in [7, 11) is -1.52. The molecule has 2 N–H and O–H groups in total. The third-order valence-corrected chi connectivity index (χ3v) is 8.79. The number of rotatable bonds is 2. The van der Waals surface area contributed by atoms with E-state index < -0.39 is 7.12 Å². The Balaban J connectivity index is 0.000000143. The van der Waals surface area contributed by atoms with Crippen LogP contribution in [-0.4, -0.2) is 17.2 Å². The average Bonchev–Trinajstić information content (AvgIpc) is 3.62. The largest absolute Gasteiger partial charge is 0.492 e. The lowest BCUT2D eigenvalue weighted by Gasteiger charge is -2.02. The van der Waals surface area contributed by atoms with Crippen molar-refractivity contribution in [1.82, 2.24) is 0 Å². The molecule has 0 spiro atoms. The molecule has 4 nitrogen and oxygen atoms in total. The summed E-state index contributed by atoms with van der Waals surface area (Å²) in [5.41, 5.74) is 6.05. The maximum absolute atomic E-state index is 9.23. The van der Waals surface area contributed by atoms with Gasteiger partial charge in [0.25, 0.3) is 0 Å². The fourth-order valence-electron chi connectivity index (χ4n) is 4.95. The van der Waals surface area contributed by atoms with Crippen molar-refractivity contribution in [3.05, 3.63) is 153 Å². The predicted molar refractivity (Wildman–Crippen MR) is 203 cm³/mol. The van der Waals surface area contributed by atoms with Gasteiger partial charge in [-0.05, 0) is 76.7 Å². The number of furan rings is 2. The third kappa shape index (κ3) is 7.33. The van der Waals surface area contributed by atoms with Crippen LogP contribution in [0.15, 0.2) is 133 Å². The predicted octanol–water partition coefficient (Wildman–Crippen LogP) is 10.5. The molecule has 1 aliphatic rings. The van der Waals surface area contributed by atoms with Gasteiger partial charge in [0.05, 0.1) is 11.5 Å². The van der Waals surface area contributed by atoms with E-state index in [9.17, 15) is 10.0 Å². The van der Waals surface area contributed by atoms with Crippen LogP contribution in [0.1, 0.15) is 11.3 Å². The fraction of sp³-hybridized carbons (Fsp3) is 0. The molecule has 0 unspecified atom stereocenters. The van der Waals surface area contributed by atoms with Crippen LogP contribution in [0, 0.1) is 17.1 Å². The third-order valence-electron chi connectivity index (χ3n) is 7.02. The van der Waals surface area contributed by atoms with E-state index in [1.165, 1.54) is 14.3 Å². The van der Waals surface area contributed by atoms with E-state index in [2.05, 4.69) is 121 Å². The summed E-state index contributed by atoms with van der Waals surface area (Å²) >= 11 is 9.09. The van der Waals surface area contributed by atoms with E-state index in [-0.39, 0.29) is 7.43 Å². The molecule has 0 aliphatic heterocycles. The molecule has 0 saturated heterocycles. The van der Waals surface area contributed by atoms with Crippen molar-refractivity contribution in [2.24, 2.45) is 0 Å². The van der Waals surface area contributed by atoms with Crippen LogP contribution >= 0.6 is 54.5 Å². The molecule has 0 bridgehead atoms. The minimum Gasteiger partial charge on any atom is -0.455 e. The van der Waals surface area contributed by atoms with Crippen LogP contribution in [0.2, 0.25) is 0 Å². The smallest absolute Gasteiger partial charge is 0.455 e. The molecule has 0 amide bonds. The van der Waals surface area contributed by atoms with E-state index in [0.717, 1.165) is 42.2 Å². The second kappa shape index (κ2) is 14.7. The molecule has 8 rings (SSSR count). The quantitative estimate of drug-likeness (QED) is 0.103. The highest BCUT2D eigenvalue weighted by Gasteiger charge is 2.25. The van der Waals surface area contributed by atoms with Crippen molar-refractivity contribution in [3.63, 3.8) is 0 Å². The highest BCUT2D eigenvalue weighted by molar-refractivity contribution is 14.1.